The lowest BCUT2D eigenvalue weighted by Crippen LogP contribution is -2.42. The van der Waals surface area contributed by atoms with E-state index in [1.807, 2.05) is 0 Å². The first-order chi connectivity index (χ1) is 10.5. The molecule has 0 bridgehead atoms. The van der Waals surface area contributed by atoms with Crippen LogP contribution in [0.4, 0.5) is 0 Å². The number of nitrogens with two attached hydrogens (primary N) is 1. The number of piperidine rings is 1. The summed E-state index contributed by atoms with van der Waals surface area (Å²) in [6.07, 6.45) is 3.74. The summed E-state index contributed by atoms with van der Waals surface area (Å²) in [6.45, 7) is 2.94. The molecule has 1 aromatic carbocycles. The quantitative estimate of drug-likeness (QED) is 0.799. The van der Waals surface area contributed by atoms with Gasteiger partial charge in [-0.05, 0) is 38.0 Å². The van der Waals surface area contributed by atoms with E-state index in [1.54, 1.807) is 12.3 Å². The van der Waals surface area contributed by atoms with Crippen LogP contribution in [0.2, 0.25) is 0 Å². The molecule has 2 heterocycles. The number of fused-ring (bicyclic) bond motifs is 1. The number of benzene rings is 1. The second kappa shape index (κ2) is 5.81. The lowest BCUT2D eigenvalue weighted by molar-refractivity contribution is 0.0998. The molecule has 1 aromatic heterocycles. The highest BCUT2D eigenvalue weighted by Gasteiger charge is 2.20. The normalized spacial score (nSPS) is 21.7. The maximum atomic E-state index is 11.3. The summed E-state index contributed by atoms with van der Waals surface area (Å²) in [4.78, 5) is 15.5. The number of amides is 1. The topological polar surface area (TPSA) is 97.5 Å². The molecule has 1 aliphatic rings. The van der Waals surface area contributed by atoms with Crippen LogP contribution in [-0.2, 0) is 0 Å². The molecule has 116 valence electrons. The van der Waals surface area contributed by atoms with Crippen molar-refractivity contribution < 1.29 is 14.6 Å². The van der Waals surface area contributed by atoms with Gasteiger partial charge in [-0.1, -0.05) is 0 Å². The fourth-order valence-corrected chi connectivity index (χ4v) is 2.71. The SMILES string of the molecule is CC1CCC(Oc2ccnc3cc(C(N)=O)c(O)cc23)CN1. The average molecular weight is 301 g/mol. The van der Waals surface area contributed by atoms with Gasteiger partial charge in [-0.2, -0.15) is 0 Å². The zero-order valence-corrected chi connectivity index (χ0v) is 12.4. The molecule has 1 fully saturated rings. The summed E-state index contributed by atoms with van der Waals surface area (Å²) in [5, 5.41) is 14.0. The number of nitrogens with zero attached hydrogens (tertiary/aromatic N) is 1. The van der Waals surface area contributed by atoms with Gasteiger partial charge in [0.25, 0.3) is 5.91 Å². The highest BCUT2D eigenvalue weighted by atomic mass is 16.5. The lowest BCUT2D eigenvalue weighted by atomic mass is 10.0. The summed E-state index contributed by atoms with van der Waals surface area (Å²) in [7, 11) is 0. The predicted molar refractivity (Wildman–Crippen MR) is 83.0 cm³/mol. The van der Waals surface area contributed by atoms with Gasteiger partial charge in [0.1, 0.15) is 17.6 Å². The Kier molecular flexibility index (Phi) is 3.85. The number of phenols is 1. The van der Waals surface area contributed by atoms with E-state index in [-0.39, 0.29) is 17.4 Å². The Balaban J connectivity index is 1.93. The van der Waals surface area contributed by atoms with Crippen molar-refractivity contribution in [3.63, 3.8) is 0 Å². The Morgan fingerprint density at radius 1 is 1.45 bits per heavy atom. The van der Waals surface area contributed by atoms with Gasteiger partial charge in [0, 0.05) is 24.2 Å². The molecule has 0 saturated carbocycles. The van der Waals surface area contributed by atoms with Crippen molar-refractivity contribution in [3.8, 4) is 11.5 Å². The highest BCUT2D eigenvalue weighted by Crippen LogP contribution is 2.31. The van der Waals surface area contributed by atoms with Crippen molar-refractivity contribution in [3.05, 3.63) is 30.0 Å². The molecule has 2 aromatic rings. The zero-order valence-electron chi connectivity index (χ0n) is 12.4. The second-order valence-corrected chi connectivity index (χ2v) is 5.69. The van der Waals surface area contributed by atoms with E-state index in [1.165, 1.54) is 12.1 Å². The van der Waals surface area contributed by atoms with Crippen LogP contribution in [0.3, 0.4) is 0 Å². The molecule has 6 nitrogen and oxygen atoms in total. The van der Waals surface area contributed by atoms with E-state index in [4.69, 9.17) is 10.5 Å². The summed E-state index contributed by atoms with van der Waals surface area (Å²) in [5.74, 6) is -0.191. The number of hydrogen-bond donors (Lipinski definition) is 3. The van der Waals surface area contributed by atoms with E-state index in [9.17, 15) is 9.90 Å². The van der Waals surface area contributed by atoms with Gasteiger partial charge in [0.2, 0.25) is 0 Å². The van der Waals surface area contributed by atoms with Gasteiger partial charge in [0.05, 0.1) is 11.1 Å². The fraction of sp³-hybridized carbons (Fsp3) is 0.375. The monoisotopic (exact) mass is 301 g/mol. The Morgan fingerprint density at radius 3 is 2.95 bits per heavy atom. The van der Waals surface area contributed by atoms with Crippen molar-refractivity contribution in [1.82, 2.24) is 10.3 Å². The van der Waals surface area contributed by atoms with Crippen LogP contribution in [0.15, 0.2) is 24.4 Å². The summed E-state index contributed by atoms with van der Waals surface area (Å²) < 4.78 is 6.04. The van der Waals surface area contributed by atoms with E-state index < -0.39 is 5.91 Å². The van der Waals surface area contributed by atoms with Crippen LogP contribution < -0.4 is 15.8 Å². The van der Waals surface area contributed by atoms with Gasteiger partial charge < -0.3 is 20.9 Å². The van der Waals surface area contributed by atoms with E-state index in [2.05, 4.69) is 17.2 Å². The van der Waals surface area contributed by atoms with Gasteiger partial charge >= 0.3 is 0 Å². The minimum atomic E-state index is -0.682. The molecule has 22 heavy (non-hydrogen) atoms. The first-order valence-electron chi connectivity index (χ1n) is 7.36. The van der Waals surface area contributed by atoms with Crippen molar-refractivity contribution in [2.24, 2.45) is 5.73 Å². The maximum absolute atomic E-state index is 11.3. The van der Waals surface area contributed by atoms with Crippen LogP contribution in [0.5, 0.6) is 11.5 Å². The molecular formula is C16H19N3O3. The number of primary amides is 1. The predicted octanol–water partition coefficient (Wildman–Crippen LogP) is 1.56. The zero-order chi connectivity index (χ0) is 15.7. The Labute approximate surface area is 128 Å². The first-order valence-corrected chi connectivity index (χ1v) is 7.36. The van der Waals surface area contributed by atoms with Crippen LogP contribution in [-0.4, -0.2) is 34.7 Å². The minimum absolute atomic E-state index is 0.0605. The van der Waals surface area contributed by atoms with Gasteiger partial charge in [0.15, 0.2) is 0 Å². The molecule has 2 atom stereocenters. The molecule has 3 rings (SSSR count). The number of pyridine rings is 1. The van der Waals surface area contributed by atoms with E-state index in [0.717, 1.165) is 19.4 Å². The molecule has 0 radical (unpaired) electrons. The standard InChI is InChI=1S/C16H19N3O3/c1-9-2-3-10(8-19-9)22-15-4-5-18-13-6-12(16(17)21)14(20)7-11(13)15/h4-7,9-10,19-20H,2-3,8H2,1H3,(H2,17,21). The smallest absolute Gasteiger partial charge is 0.252 e. The lowest BCUT2D eigenvalue weighted by Gasteiger charge is -2.28. The molecule has 0 aliphatic carbocycles. The number of rotatable bonds is 3. The molecular weight excluding hydrogens is 282 g/mol. The number of aromatic hydroxyl groups is 1. The maximum Gasteiger partial charge on any atom is 0.252 e. The Hall–Kier alpha value is -2.34. The second-order valence-electron chi connectivity index (χ2n) is 5.69. The van der Waals surface area contributed by atoms with Crippen molar-refractivity contribution in [2.45, 2.75) is 31.9 Å². The molecule has 1 saturated heterocycles. The van der Waals surface area contributed by atoms with Gasteiger partial charge in [-0.3, -0.25) is 9.78 Å². The molecule has 0 spiro atoms. The van der Waals surface area contributed by atoms with Crippen LogP contribution >= 0.6 is 0 Å². The van der Waals surface area contributed by atoms with Crippen molar-refractivity contribution in [1.29, 1.82) is 0 Å². The van der Waals surface area contributed by atoms with Gasteiger partial charge in [-0.25, -0.2) is 0 Å². The molecule has 4 N–H and O–H groups in total. The van der Waals surface area contributed by atoms with Crippen molar-refractivity contribution in [2.75, 3.05) is 6.54 Å². The molecule has 1 amide bonds. The largest absolute Gasteiger partial charge is 0.507 e. The third-order valence-corrected chi connectivity index (χ3v) is 3.99. The Bertz CT molecular complexity index is 709. The van der Waals surface area contributed by atoms with Crippen LogP contribution in [0.1, 0.15) is 30.1 Å². The summed E-state index contributed by atoms with van der Waals surface area (Å²) >= 11 is 0. The highest BCUT2D eigenvalue weighted by molar-refractivity contribution is 6.00. The summed E-state index contributed by atoms with van der Waals surface area (Å²) in [5.41, 5.74) is 5.87. The van der Waals surface area contributed by atoms with Crippen LogP contribution in [0.25, 0.3) is 10.9 Å². The third-order valence-electron chi connectivity index (χ3n) is 3.99. The molecule has 6 heteroatoms. The number of nitrogens with one attached hydrogen (secondary N) is 1. The van der Waals surface area contributed by atoms with Gasteiger partial charge in [-0.15, -0.1) is 0 Å². The van der Waals surface area contributed by atoms with E-state index >= 15 is 0 Å². The number of carbonyl (C=O) groups is 1. The number of aromatic nitrogens is 1. The van der Waals surface area contributed by atoms with Crippen molar-refractivity contribution >= 4 is 16.8 Å². The first kappa shape index (κ1) is 14.6. The number of hydrogen-bond acceptors (Lipinski definition) is 5. The Morgan fingerprint density at radius 2 is 2.27 bits per heavy atom. The van der Waals surface area contributed by atoms with E-state index in [0.29, 0.717) is 22.7 Å². The summed E-state index contributed by atoms with van der Waals surface area (Å²) in [6, 6.07) is 5.25. The molecule has 2 unspecified atom stereocenters. The van der Waals surface area contributed by atoms with Crippen LogP contribution in [0, 0.1) is 0 Å². The minimum Gasteiger partial charge on any atom is -0.507 e. The third kappa shape index (κ3) is 2.82. The number of carbonyl (C=O) groups excluding carboxylic acids is 1. The fourth-order valence-electron chi connectivity index (χ4n) is 2.71. The molecule has 1 aliphatic heterocycles. The number of ether oxygens (including phenoxy) is 1. The average Bonchev–Trinajstić information content (AvgIpc) is 2.49.